The lowest BCUT2D eigenvalue weighted by molar-refractivity contribution is 0.482. The molecule has 0 radical (unpaired) electrons. The van der Waals surface area contributed by atoms with Crippen molar-refractivity contribution in [1.29, 1.82) is 0 Å². The van der Waals surface area contributed by atoms with Gasteiger partial charge in [0.25, 0.3) is 10.1 Å². The maximum Gasteiger partial charge on any atom is 0.294 e. The number of unbranched alkanes of at least 4 members (excludes halogenated alkanes) is 1. The molecule has 3 aromatic rings. The van der Waals surface area contributed by atoms with E-state index in [0.29, 0.717) is 5.56 Å². The van der Waals surface area contributed by atoms with Crippen LogP contribution in [0.2, 0.25) is 0 Å². The number of hydrazine groups is 2. The molecule has 164 valence electrons. The van der Waals surface area contributed by atoms with Crippen LogP contribution in [-0.4, -0.2) is 19.5 Å². The summed E-state index contributed by atoms with van der Waals surface area (Å²) in [4.78, 5) is -0.0278. The molecule has 0 aliphatic carbocycles. The fourth-order valence-electron chi connectivity index (χ4n) is 3.39. The van der Waals surface area contributed by atoms with Gasteiger partial charge in [0.15, 0.2) is 0 Å². The number of hydrogen-bond acceptors (Lipinski definition) is 5. The van der Waals surface area contributed by atoms with Gasteiger partial charge in [0.1, 0.15) is 0 Å². The smallest absolute Gasteiger partial charge is 0.289 e. The van der Waals surface area contributed by atoms with Crippen LogP contribution in [0.5, 0.6) is 0 Å². The van der Waals surface area contributed by atoms with Gasteiger partial charge in [-0.3, -0.25) is 14.6 Å². The predicted octanol–water partition coefficient (Wildman–Crippen LogP) is 4.97. The van der Waals surface area contributed by atoms with Gasteiger partial charge in [0.2, 0.25) is 0 Å². The largest absolute Gasteiger partial charge is 0.294 e. The van der Waals surface area contributed by atoms with Gasteiger partial charge in [-0.25, -0.2) is 0 Å². The molecule has 0 saturated carbocycles. The first kappa shape index (κ1) is 22.8. The van der Waals surface area contributed by atoms with Crippen molar-refractivity contribution in [3.8, 4) is 0 Å². The lowest BCUT2D eigenvalue weighted by atomic mass is 10.2. The van der Waals surface area contributed by atoms with Crippen molar-refractivity contribution < 1.29 is 13.0 Å². The van der Waals surface area contributed by atoms with E-state index >= 15 is 0 Å². The molecule has 1 aliphatic rings. The number of nitrogens with zero attached hydrogens (tertiary/aromatic N) is 2. The summed E-state index contributed by atoms with van der Waals surface area (Å²) in [7, 11) is -4.03. The fraction of sp³-hybridized carbons (Fsp3) is 0.250. The second-order valence-corrected chi connectivity index (χ2v) is 8.80. The van der Waals surface area contributed by atoms with Crippen molar-refractivity contribution in [3.63, 3.8) is 0 Å². The van der Waals surface area contributed by atoms with E-state index in [9.17, 15) is 8.42 Å². The summed E-state index contributed by atoms with van der Waals surface area (Å²) < 4.78 is 29.9. The molecule has 7 heteroatoms. The molecular weight excluding hydrogens is 410 g/mol. The molecule has 0 atom stereocenters. The Bertz CT molecular complexity index is 1090. The summed E-state index contributed by atoms with van der Waals surface area (Å²) in [5.74, 6) is 0. The van der Waals surface area contributed by atoms with Crippen LogP contribution < -0.4 is 15.6 Å². The monoisotopic (exact) mass is 439 g/mol. The van der Waals surface area contributed by atoms with Crippen LogP contribution in [-0.2, 0) is 16.7 Å². The molecule has 2 N–H and O–H groups in total. The topological polar surface area (TPSA) is 72.9 Å². The number of rotatable bonds is 6. The van der Waals surface area contributed by atoms with Crippen LogP contribution in [0.25, 0.3) is 0 Å². The molecule has 0 fully saturated rings. The summed E-state index contributed by atoms with van der Waals surface area (Å²) in [6.07, 6.45) is 2.40. The van der Waals surface area contributed by atoms with Crippen molar-refractivity contribution in [2.24, 2.45) is 0 Å². The van der Waals surface area contributed by atoms with Gasteiger partial charge in [-0.1, -0.05) is 74.0 Å². The van der Waals surface area contributed by atoms with Crippen LogP contribution >= 0.6 is 0 Å². The Hall–Kier alpha value is -2.87. The normalized spacial score (nSPS) is 12.9. The molecule has 0 bridgehead atoms. The summed E-state index contributed by atoms with van der Waals surface area (Å²) in [6, 6.07) is 25.4. The molecule has 3 aromatic carbocycles. The average Bonchev–Trinajstić information content (AvgIpc) is 3.10. The Morgan fingerprint density at radius 1 is 0.839 bits per heavy atom. The highest BCUT2D eigenvalue weighted by Crippen LogP contribution is 2.33. The van der Waals surface area contributed by atoms with Crippen LogP contribution in [0.1, 0.15) is 30.9 Å². The molecule has 4 rings (SSSR count). The van der Waals surface area contributed by atoms with Gasteiger partial charge < -0.3 is 0 Å². The first-order valence-corrected chi connectivity index (χ1v) is 11.8. The second-order valence-electron chi connectivity index (χ2n) is 7.41. The zero-order valence-corrected chi connectivity index (χ0v) is 18.7. The van der Waals surface area contributed by atoms with E-state index in [1.807, 2.05) is 0 Å². The third kappa shape index (κ3) is 6.07. The Balaban J connectivity index is 0.000000210. The Labute approximate surface area is 184 Å². The maximum atomic E-state index is 10.6. The molecule has 0 unspecified atom stereocenters. The molecule has 1 aliphatic heterocycles. The van der Waals surface area contributed by atoms with Gasteiger partial charge in [-0.15, -0.1) is 5.53 Å². The Morgan fingerprint density at radius 2 is 1.42 bits per heavy atom. The summed E-state index contributed by atoms with van der Waals surface area (Å²) in [5.41, 5.74) is 7.90. The molecular formula is C24H29N3O3S. The van der Waals surface area contributed by atoms with Gasteiger partial charge >= 0.3 is 0 Å². The SMILES string of the molecule is CCCCN1NN(Cc2ccccc2)c2ccccc21.Cc1ccccc1S(=O)(=O)O. The molecule has 0 saturated heterocycles. The van der Waals surface area contributed by atoms with Crippen LogP contribution in [0.4, 0.5) is 11.4 Å². The first-order chi connectivity index (χ1) is 14.9. The number of para-hydroxylation sites is 2. The van der Waals surface area contributed by atoms with Crippen LogP contribution in [0.15, 0.2) is 83.8 Å². The molecule has 6 nitrogen and oxygen atoms in total. The van der Waals surface area contributed by atoms with Crippen molar-refractivity contribution in [3.05, 3.63) is 90.0 Å². The quantitative estimate of drug-likeness (QED) is 0.528. The van der Waals surface area contributed by atoms with Gasteiger partial charge in [0, 0.05) is 6.54 Å². The molecule has 0 aromatic heterocycles. The zero-order valence-electron chi connectivity index (χ0n) is 17.9. The minimum Gasteiger partial charge on any atom is -0.289 e. The molecule has 1 heterocycles. The van der Waals surface area contributed by atoms with Crippen LogP contribution in [0, 0.1) is 6.92 Å². The highest BCUT2D eigenvalue weighted by molar-refractivity contribution is 7.85. The Morgan fingerprint density at radius 3 is 2.00 bits per heavy atom. The standard InChI is InChI=1S/C17H21N3.C7H8O3S/c1-2-3-13-19-16-11-7-8-12-17(16)20(18-19)14-15-9-5-4-6-10-15;1-6-4-2-3-5-7(6)11(8,9)10/h4-12,18H,2-3,13-14H2,1H3;2-5H,1H3,(H,8,9,10). The highest BCUT2D eigenvalue weighted by Gasteiger charge is 2.24. The zero-order chi connectivity index (χ0) is 22.3. The van der Waals surface area contributed by atoms with E-state index in [2.05, 4.69) is 77.1 Å². The predicted molar refractivity (Wildman–Crippen MR) is 125 cm³/mol. The van der Waals surface area contributed by atoms with Crippen molar-refractivity contribution >= 4 is 21.5 Å². The summed E-state index contributed by atoms with van der Waals surface area (Å²) in [5, 5.41) is 4.47. The third-order valence-electron chi connectivity index (χ3n) is 5.00. The average molecular weight is 440 g/mol. The van der Waals surface area contributed by atoms with E-state index in [1.165, 1.54) is 35.8 Å². The maximum absolute atomic E-state index is 10.6. The van der Waals surface area contributed by atoms with Gasteiger partial charge in [-0.05, 0) is 42.7 Å². The van der Waals surface area contributed by atoms with Crippen molar-refractivity contribution in [2.45, 2.75) is 38.1 Å². The number of fused-ring (bicyclic) bond motifs is 1. The van der Waals surface area contributed by atoms with Crippen LogP contribution in [0.3, 0.4) is 0 Å². The minimum atomic E-state index is -4.03. The second kappa shape index (κ2) is 10.4. The number of aryl methyl sites for hydroxylation is 1. The van der Waals surface area contributed by atoms with Crippen molar-refractivity contribution in [2.75, 3.05) is 16.6 Å². The molecule has 0 amide bonds. The molecule has 31 heavy (non-hydrogen) atoms. The number of hydrogen-bond donors (Lipinski definition) is 2. The van der Waals surface area contributed by atoms with Gasteiger partial charge in [0.05, 0.1) is 22.8 Å². The molecule has 0 spiro atoms. The number of nitrogens with one attached hydrogen (secondary N) is 1. The van der Waals surface area contributed by atoms with E-state index in [0.717, 1.165) is 13.1 Å². The lowest BCUT2D eigenvalue weighted by Crippen LogP contribution is -2.44. The highest BCUT2D eigenvalue weighted by atomic mass is 32.2. The minimum absolute atomic E-state index is 0.0278. The lowest BCUT2D eigenvalue weighted by Gasteiger charge is -2.23. The van der Waals surface area contributed by atoms with E-state index in [4.69, 9.17) is 4.55 Å². The number of benzene rings is 3. The van der Waals surface area contributed by atoms with E-state index < -0.39 is 10.1 Å². The number of anilines is 2. The van der Waals surface area contributed by atoms with Crippen molar-refractivity contribution in [1.82, 2.24) is 5.53 Å². The fourth-order valence-corrected chi connectivity index (χ4v) is 4.12. The Kier molecular flexibility index (Phi) is 7.68. The van der Waals surface area contributed by atoms with Gasteiger partial charge in [-0.2, -0.15) is 8.42 Å². The van der Waals surface area contributed by atoms with E-state index in [-0.39, 0.29) is 4.90 Å². The third-order valence-corrected chi connectivity index (χ3v) is 6.01. The summed E-state index contributed by atoms with van der Waals surface area (Å²) >= 11 is 0. The first-order valence-electron chi connectivity index (χ1n) is 10.4. The van der Waals surface area contributed by atoms with E-state index in [1.54, 1.807) is 25.1 Å². The summed E-state index contributed by atoms with van der Waals surface area (Å²) in [6.45, 7) is 5.77.